The zero-order chi connectivity index (χ0) is 16.3. The van der Waals surface area contributed by atoms with Crippen LogP contribution < -0.4 is 0 Å². The number of carbonyl (C=O) groups is 2. The Kier molecular flexibility index (Phi) is 4.66. The Bertz CT molecular complexity index is 560. The number of hydrogen-bond donors (Lipinski definition) is 1. The predicted octanol–water partition coefficient (Wildman–Crippen LogP) is 0.901. The predicted molar refractivity (Wildman–Crippen MR) is 83.8 cm³/mol. The van der Waals surface area contributed by atoms with Gasteiger partial charge in [-0.05, 0) is 19.3 Å². The van der Waals surface area contributed by atoms with Crippen molar-refractivity contribution in [1.29, 1.82) is 0 Å². The van der Waals surface area contributed by atoms with Gasteiger partial charge < -0.3 is 14.5 Å². The van der Waals surface area contributed by atoms with E-state index in [0.717, 1.165) is 32.4 Å². The van der Waals surface area contributed by atoms with Gasteiger partial charge in [-0.3, -0.25) is 14.7 Å². The van der Waals surface area contributed by atoms with Gasteiger partial charge in [-0.15, -0.1) is 0 Å². The van der Waals surface area contributed by atoms with Crippen LogP contribution in [0, 0.1) is 5.41 Å². The minimum atomic E-state index is 0.0261. The Morgan fingerprint density at radius 3 is 3.04 bits per heavy atom. The van der Waals surface area contributed by atoms with Gasteiger partial charge in [-0.25, -0.2) is 0 Å². The molecule has 2 fully saturated rings. The lowest BCUT2D eigenvalue weighted by atomic mass is 9.73. The normalized spacial score (nSPS) is 25.2. The Balaban J connectivity index is 1.69. The van der Waals surface area contributed by atoms with Crippen LogP contribution in [-0.2, 0) is 9.53 Å². The maximum absolute atomic E-state index is 12.6. The molecular weight excluding hydrogens is 296 g/mol. The summed E-state index contributed by atoms with van der Waals surface area (Å²) in [5, 5.41) is 6.55. The van der Waals surface area contributed by atoms with Gasteiger partial charge in [-0.1, -0.05) is 0 Å². The number of H-pyrrole nitrogens is 1. The highest BCUT2D eigenvalue weighted by molar-refractivity contribution is 5.93. The second-order valence-electron chi connectivity index (χ2n) is 6.63. The molecule has 7 nitrogen and oxygen atoms in total. The number of ether oxygens (including phenoxy) is 1. The largest absolute Gasteiger partial charge is 0.383 e. The molecule has 1 unspecified atom stereocenters. The van der Waals surface area contributed by atoms with Crippen LogP contribution in [0.3, 0.4) is 0 Å². The highest BCUT2D eigenvalue weighted by Gasteiger charge is 2.42. The summed E-state index contributed by atoms with van der Waals surface area (Å²) in [6.45, 7) is 3.40. The van der Waals surface area contributed by atoms with Crippen molar-refractivity contribution in [3.8, 4) is 0 Å². The number of hydrogen-bond acceptors (Lipinski definition) is 4. The number of aromatic amines is 1. The van der Waals surface area contributed by atoms with Gasteiger partial charge >= 0.3 is 0 Å². The number of nitrogens with one attached hydrogen (secondary N) is 1. The van der Waals surface area contributed by atoms with Gasteiger partial charge in [0.05, 0.1) is 18.4 Å². The molecule has 1 aromatic heterocycles. The fourth-order valence-electron chi connectivity index (χ4n) is 3.77. The fourth-order valence-corrected chi connectivity index (χ4v) is 3.77. The second kappa shape index (κ2) is 6.70. The summed E-state index contributed by atoms with van der Waals surface area (Å²) < 4.78 is 5.11. The van der Waals surface area contributed by atoms with Crippen LogP contribution in [0.15, 0.2) is 12.4 Å². The summed E-state index contributed by atoms with van der Waals surface area (Å²) >= 11 is 0. The van der Waals surface area contributed by atoms with E-state index in [9.17, 15) is 9.59 Å². The van der Waals surface area contributed by atoms with E-state index in [2.05, 4.69) is 10.2 Å². The summed E-state index contributed by atoms with van der Waals surface area (Å²) in [7, 11) is 1.65. The zero-order valence-corrected chi connectivity index (χ0v) is 13.6. The molecule has 126 valence electrons. The molecule has 1 N–H and O–H groups in total. The summed E-state index contributed by atoms with van der Waals surface area (Å²) in [5.41, 5.74) is 0.629. The van der Waals surface area contributed by atoms with Gasteiger partial charge in [0, 0.05) is 51.3 Å². The number of likely N-dealkylation sites (tertiary alicyclic amines) is 2. The lowest BCUT2D eigenvalue weighted by Gasteiger charge is -2.48. The van der Waals surface area contributed by atoms with Crippen molar-refractivity contribution in [2.45, 2.75) is 25.7 Å². The average Bonchev–Trinajstić information content (AvgIpc) is 3.10. The van der Waals surface area contributed by atoms with Crippen LogP contribution in [0.25, 0.3) is 0 Å². The van der Waals surface area contributed by atoms with E-state index in [1.54, 1.807) is 19.5 Å². The number of piperidine rings is 2. The third-order valence-corrected chi connectivity index (χ3v) is 5.01. The SMILES string of the molecule is COCCN1CC2(CCCN(C(=O)c3cn[nH]c3)C2)CCC1=O. The number of rotatable bonds is 4. The average molecular weight is 320 g/mol. The van der Waals surface area contributed by atoms with Crippen molar-refractivity contribution >= 4 is 11.8 Å². The minimum Gasteiger partial charge on any atom is -0.383 e. The first-order valence-corrected chi connectivity index (χ1v) is 8.18. The zero-order valence-electron chi connectivity index (χ0n) is 13.6. The van der Waals surface area contributed by atoms with E-state index in [0.29, 0.717) is 31.7 Å². The van der Waals surface area contributed by atoms with Crippen LogP contribution in [0.4, 0.5) is 0 Å². The van der Waals surface area contributed by atoms with Crippen LogP contribution >= 0.6 is 0 Å². The maximum Gasteiger partial charge on any atom is 0.257 e. The van der Waals surface area contributed by atoms with Crippen molar-refractivity contribution < 1.29 is 14.3 Å². The Hall–Kier alpha value is -1.89. The molecular formula is C16H24N4O3. The number of carbonyl (C=O) groups excluding carboxylic acids is 2. The van der Waals surface area contributed by atoms with Gasteiger partial charge in [-0.2, -0.15) is 5.10 Å². The molecule has 2 saturated heterocycles. The Labute approximate surface area is 136 Å². The van der Waals surface area contributed by atoms with E-state index in [4.69, 9.17) is 4.74 Å². The molecule has 1 aromatic rings. The molecule has 1 spiro atoms. The highest BCUT2D eigenvalue weighted by atomic mass is 16.5. The Morgan fingerprint density at radius 2 is 2.30 bits per heavy atom. The maximum atomic E-state index is 12.6. The van der Waals surface area contributed by atoms with Crippen molar-refractivity contribution in [2.75, 3.05) is 39.9 Å². The topological polar surface area (TPSA) is 78.5 Å². The number of nitrogens with zero attached hydrogens (tertiary/aromatic N) is 3. The summed E-state index contributed by atoms with van der Waals surface area (Å²) in [6, 6.07) is 0. The van der Waals surface area contributed by atoms with Crippen LogP contribution in [0.1, 0.15) is 36.0 Å². The quantitative estimate of drug-likeness (QED) is 0.894. The molecule has 23 heavy (non-hydrogen) atoms. The van der Waals surface area contributed by atoms with E-state index in [-0.39, 0.29) is 17.2 Å². The van der Waals surface area contributed by atoms with E-state index in [1.165, 1.54) is 0 Å². The van der Waals surface area contributed by atoms with Gasteiger partial charge in [0.1, 0.15) is 0 Å². The fraction of sp³-hybridized carbons (Fsp3) is 0.688. The monoisotopic (exact) mass is 320 g/mol. The van der Waals surface area contributed by atoms with Crippen molar-refractivity contribution in [1.82, 2.24) is 20.0 Å². The van der Waals surface area contributed by atoms with Crippen molar-refractivity contribution in [3.05, 3.63) is 18.0 Å². The second-order valence-corrected chi connectivity index (χ2v) is 6.63. The first kappa shape index (κ1) is 16.0. The molecule has 3 heterocycles. The molecule has 0 radical (unpaired) electrons. The molecule has 1 atom stereocenters. The molecule has 7 heteroatoms. The molecule has 0 saturated carbocycles. The third kappa shape index (κ3) is 3.39. The summed E-state index contributed by atoms with van der Waals surface area (Å²) in [4.78, 5) is 28.5. The van der Waals surface area contributed by atoms with Crippen molar-refractivity contribution in [2.24, 2.45) is 5.41 Å². The van der Waals surface area contributed by atoms with Crippen LogP contribution in [0.2, 0.25) is 0 Å². The highest BCUT2D eigenvalue weighted by Crippen LogP contribution is 2.39. The molecule has 2 aliphatic rings. The number of amides is 2. The van der Waals surface area contributed by atoms with Crippen LogP contribution in [-0.4, -0.2) is 71.7 Å². The lowest BCUT2D eigenvalue weighted by molar-refractivity contribution is -0.139. The molecule has 0 bridgehead atoms. The number of methoxy groups -OCH3 is 1. The van der Waals surface area contributed by atoms with Gasteiger partial charge in [0.2, 0.25) is 5.91 Å². The minimum absolute atomic E-state index is 0.0261. The molecule has 3 rings (SSSR count). The molecule has 0 aliphatic carbocycles. The summed E-state index contributed by atoms with van der Waals surface area (Å²) in [5.74, 6) is 0.226. The standard InChI is InChI=1S/C16H24N4O3/c1-23-8-7-19-11-16(5-3-14(19)21)4-2-6-20(12-16)15(22)13-9-17-18-10-13/h9-10H,2-8,11-12H2,1H3,(H,17,18). The smallest absolute Gasteiger partial charge is 0.257 e. The van der Waals surface area contributed by atoms with Crippen molar-refractivity contribution in [3.63, 3.8) is 0 Å². The molecule has 0 aromatic carbocycles. The first-order chi connectivity index (χ1) is 11.1. The van der Waals surface area contributed by atoms with E-state index >= 15 is 0 Å². The van der Waals surface area contributed by atoms with E-state index < -0.39 is 0 Å². The summed E-state index contributed by atoms with van der Waals surface area (Å²) in [6.07, 6.45) is 6.69. The van der Waals surface area contributed by atoms with E-state index in [1.807, 2.05) is 9.80 Å². The van der Waals surface area contributed by atoms with Gasteiger partial charge in [0.25, 0.3) is 5.91 Å². The third-order valence-electron chi connectivity index (χ3n) is 5.01. The lowest BCUT2D eigenvalue weighted by Crippen LogP contribution is -2.55. The molecule has 2 amide bonds. The van der Waals surface area contributed by atoms with Gasteiger partial charge in [0.15, 0.2) is 0 Å². The molecule has 2 aliphatic heterocycles. The Morgan fingerprint density at radius 1 is 1.43 bits per heavy atom. The van der Waals surface area contributed by atoms with Crippen LogP contribution in [0.5, 0.6) is 0 Å². The first-order valence-electron chi connectivity index (χ1n) is 8.18. The number of aromatic nitrogens is 2.